The van der Waals surface area contributed by atoms with Crippen molar-refractivity contribution < 1.29 is 4.74 Å². The number of ether oxygens (including phenoxy) is 1. The highest BCUT2D eigenvalue weighted by molar-refractivity contribution is 7.10. The van der Waals surface area contributed by atoms with E-state index in [1.54, 1.807) is 11.3 Å². The maximum atomic E-state index is 7.47. The molecule has 0 aliphatic rings. The van der Waals surface area contributed by atoms with Crippen LogP contribution in [0.1, 0.15) is 17.4 Å². The first-order valence-electron chi connectivity index (χ1n) is 3.51. The number of aryl methyl sites for hydroxylation is 1. The van der Waals surface area contributed by atoms with Crippen molar-refractivity contribution in [3.8, 4) is 0 Å². The molecule has 0 bridgehead atoms. The van der Waals surface area contributed by atoms with E-state index >= 15 is 0 Å². The van der Waals surface area contributed by atoms with Crippen molar-refractivity contribution in [2.75, 3.05) is 6.61 Å². The van der Waals surface area contributed by atoms with E-state index in [2.05, 4.69) is 0 Å². The van der Waals surface area contributed by atoms with E-state index in [9.17, 15) is 0 Å². The summed E-state index contributed by atoms with van der Waals surface area (Å²) < 4.78 is 5.06. The summed E-state index contributed by atoms with van der Waals surface area (Å²) in [6, 6.07) is 1.91. The summed E-state index contributed by atoms with van der Waals surface area (Å²) in [5, 5.41) is 9.44. The minimum absolute atomic E-state index is 0.284. The first-order chi connectivity index (χ1) is 5.25. The second-order valence-electron chi connectivity index (χ2n) is 2.15. The highest BCUT2D eigenvalue weighted by Gasteiger charge is 2.05. The third-order valence-corrected chi connectivity index (χ3v) is 2.24. The normalized spacial score (nSPS) is 9.64. The standard InChI is InChI=1S/C8H11NOS/c1-3-10-8(9)7-4-5-11-6(7)2/h4-5,9H,3H2,1-2H3. The van der Waals surface area contributed by atoms with Crippen LogP contribution in [0.4, 0.5) is 0 Å². The van der Waals surface area contributed by atoms with Gasteiger partial charge >= 0.3 is 0 Å². The van der Waals surface area contributed by atoms with Gasteiger partial charge < -0.3 is 4.74 Å². The van der Waals surface area contributed by atoms with Gasteiger partial charge in [-0.05, 0) is 25.3 Å². The molecule has 0 aromatic carbocycles. The molecule has 0 unspecified atom stereocenters. The van der Waals surface area contributed by atoms with Crippen LogP contribution >= 0.6 is 11.3 Å². The third kappa shape index (κ3) is 1.80. The van der Waals surface area contributed by atoms with Gasteiger partial charge in [-0.1, -0.05) is 0 Å². The Bertz CT molecular complexity index is 254. The van der Waals surface area contributed by atoms with Gasteiger partial charge in [0.05, 0.1) is 6.61 Å². The van der Waals surface area contributed by atoms with Crippen molar-refractivity contribution in [2.24, 2.45) is 0 Å². The van der Waals surface area contributed by atoms with Crippen molar-refractivity contribution in [3.63, 3.8) is 0 Å². The number of thiophene rings is 1. The fourth-order valence-corrected chi connectivity index (χ4v) is 1.54. The molecule has 0 saturated heterocycles. The first kappa shape index (κ1) is 8.27. The zero-order chi connectivity index (χ0) is 8.27. The summed E-state index contributed by atoms with van der Waals surface area (Å²) in [4.78, 5) is 1.14. The summed E-state index contributed by atoms with van der Waals surface area (Å²) in [6.45, 7) is 4.44. The third-order valence-electron chi connectivity index (χ3n) is 1.39. The van der Waals surface area contributed by atoms with E-state index < -0.39 is 0 Å². The molecule has 2 nitrogen and oxygen atoms in total. The van der Waals surface area contributed by atoms with Crippen LogP contribution in [0.25, 0.3) is 0 Å². The van der Waals surface area contributed by atoms with Gasteiger partial charge in [0.25, 0.3) is 0 Å². The molecule has 1 heterocycles. The molecule has 1 aromatic heterocycles. The van der Waals surface area contributed by atoms with E-state index in [0.717, 1.165) is 10.4 Å². The van der Waals surface area contributed by atoms with Crippen LogP contribution in [0.5, 0.6) is 0 Å². The fourth-order valence-electron chi connectivity index (χ4n) is 0.843. The van der Waals surface area contributed by atoms with Gasteiger partial charge in [0, 0.05) is 10.4 Å². The number of rotatable bonds is 2. The van der Waals surface area contributed by atoms with Gasteiger partial charge in [-0.2, -0.15) is 0 Å². The van der Waals surface area contributed by atoms with Gasteiger partial charge in [0.2, 0.25) is 5.90 Å². The van der Waals surface area contributed by atoms with Crippen molar-refractivity contribution in [1.82, 2.24) is 0 Å². The molecule has 11 heavy (non-hydrogen) atoms. The van der Waals surface area contributed by atoms with Crippen LogP contribution in [-0.2, 0) is 4.74 Å². The van der Waals surface area contributed by atoms with Crippen LogP contribution in [0.15, 0.2) is 11.4 Å². The van der Waals surface area contributed by atoms with Crippen molar-refractivity contribution in [3.05, 3.63) is 21.9 Å². The molecule has 60 valence electrons. The molecular weight excluding hydrogens is 158 g/mol. The molecule has 0 amide bonds. The van der Waals surface area contributed by atoms with E-state index in [-0.39, 0.29) is 5.90 Å². The lowest BCUT2D eigenvalue weighted by Crippen LogP contribution is -2.04. The summed E-state index contributed by atoms with van der Waals surface area (Å²) in [7, 11) is 0. The van der Waals surface area contributed by atoms with E-state index in [0.29, 0.717) is 6.61 Å². The molecule has 1 aromatic rings. The summed E-state index contributed by atoms with van der Waals surface area (Å²) in [6.07, 6.45) is 0. The van der Waals surface area contributed by atoms with Gasteiger partial charge in [-0.25, -0.2) is 0 Å². The molecule has 0 aliphatic carbocycles. The topological polar surface area (TPSA) is 33.1 Å². The zero-order valence-corrected chi connectivity index (χ0v) is 7.49. The predicted octanol–water partition coefficient (Wildman–Crippen LogP) is 2.42. The Morgan fingerprint density at radius 2 is 2.45 bits per heavy atom. The monoisotopic (exact) mass is 169 g/mol. The molecule has 1 N–H and O–H groups in total. The Kier molecular flexibility index (Phi) is 2.65. The lowest BCUT2D eigenvalue weighted by molar-refractivity contribution is 0.325. The molecule has 0 spiro atoms. The summed E-state index contributed by atoms with van der Waals surface area (Å²) in [5.41, 5.74) is 0.914. The van der Waals surface area contributed by atoms with Crippen molar-refractivity contribution >= 4 is 17.2 Å². The van der Waals surface area contributed by atoms with Crippen LogP contribution in [0.2, 0.25) is 0 Å². The predicted molar refractivity (Wildman–Crippen MR) is 47.5 cm³/mol. The highest BCUT2D eigenvalue weighted by Crippen LogP contribution is 2.15. The van der Waals surface area contributed by atoms with Gasteiger partial charge in [0.15, 0.2) is 0 Å². The Hall–Kier alpha value is -0.830. The molecule has 3 heteroatoms. The lowest BCUT2D eigenvalue weighted by atomic mass is 10.3. The minimum atomic E-state index is 0.284. The Morgan fingerprint density at radius 1 is 1.73 bits per heavy atom. The fraction of sp³-hybridized carbons (Fsp3) is 0.375. The van der Waals surface area contributed by atoms with Crippen LogP contribution < -0.4 is 0 Å². The second kappa shape index (κ2) is 3.53. The zero-order valence-electron chi connectivity index (χ0n) is 6.68. The largest absolute Gasteiger partial charge is 0.478 e. The molecule has 0 saturated carbocycles. The van der Waals surface area contributed by atoms with Gasteiger partial charge in [-0.3, -0.25) is 5.41 Å². The number of nitrogens with one attached hydrogen (secondary N) is 1. The Labute approximate surface area is 70.3 Å². The lowest BCUT2D eigenvalue weighted by Gasteiger charge is -2.02. The van der Waals surface area contributed by atoms with E-state index in [1.165, 1.54) is 0 Å². The molecule has 0 aliphatic heterocycles. The molecule has 1 rings (SSSR count). The molecule has 0 fully saturated rings. The minimum Gasteiger partial charge on any atom is -0.478 e. The van der Waals surface area contributed by atoms with Crippen LogP contribution in [0.3, 0.4) is 0 Å². The summed E-state index contributed by atoms with van der Waals surface area (Å²) >= 11 is 1.64. The molecular formula is C8H11NOS. The maximum absolute atomic E-state index is 7.47. The average Bonchev–Trinajstić information content (AvgIpc) is 2.36. The number of hydrogen-bond donors (Lipinski definition) is 1. The van der Waals surface area contributed by atoms with Crippen molar-refractivity contribution in [2.45, 2.75) is 13.8 Å². The van der Waals surface area contributed by atoms with Gasteiger partial charge in [-0.15, -0.1) is 11.3 Å². The Balaban J connectivity index is 2.76. The molecule has 0 radical (unpaired) electrons. The van der Waals surface area contributed by atoms with Gasteiger partial charge in [0.1, 0.15) is 0 Å². The average molecular weight is 169 g/mol. The second-order valence-corrected chi connectivity index (χ2v) is 3.27. The van der Waals surface area contributed by atoms with E-state index in [1.807, 2.05) is 25.3 Å². The highest BCUT2D eigenvalue weighted by atomic mass is 32.1. The molecule has 0 atom stereocenters. The first-order valence-corrected chi connectivity index (χ1v) is 4.39. The number of hydrogen-bond acceptors (Lipinski definition) is 3. The quantitative estimate of drug-likeness (QED) is 0.535. The Morgan fingerprint density at radius 3 is 2.91 bits per heavy atom. The van der Waals surface area contributed by atoms with Crippen LogP contribution in [0, 0.1) is 12.3 Å². The summed E-state index contributed by atoms with van der Waals surface area (Å²) in [5.74, 6) is 0.284. The SMILES string of the molecule is CCOC(=N)c1ccsc1C. The maximum Gasteiger partial charge on any atom is 0.214 e. The van der Waals surface area contributed by atoms with Crippen LogP contribution in [-0.4, -0.2) is 12.5 Å². The smallest absolute Gasteiger partial charge is 0.214 e. The van der Waals surface area contributed by atoms with Crippen molar-refractivity contribution in [1.29, 1.82) is 5.41 Å². The van der Waals surface area contributed by atoms with E-state index in [4.69, 9.17) is 10.1 Å².